The predicted octanol–water partition coefficient (Wildman–Crippen LogP) is 6.84. The second-order valence-electron chi connectivity index (χ2n) is 7.04. The van der Waals surface area contributed by atoms with Crippen LogP contribution in [0.4, 0.5) is 0 Å². The molecular weight excluding hydrogens is 273 g/mol. The zero-order valence-electron chi connectivity index (χ0n) is 13.8. The van der Waals surface area contributed by atoms with Crippen molar-refractivity contribution in [2.45, 2.75) is 84.4 Å². The van der Waals surface area contributed by atoms with E-state index in [9.17, 15) is 0 Å². The molecule has 18 heavy (non-hydrogen) atoms. The quantitative estimate of drug-likeness (QED) is 0.499. The molecule has 0 radical (unpaired) electrons. The van der Waals surface area contributed by atoms with Crippen LogP contribution in [0, 0.1) is 0 Å². The van der Waals surface area contributed by atoms with Crippen LogP contribution in [0.15, 0.2) is 0 Å². The van der Waals surface area contributed by atoms with Gasteiger partial charge in [0, 0.05) is 0 Å². The van der Waals surface area contributed by atoms with Crippen molar-refractivity contribution in [3.05, 3.63) is 0 Å². The summed E-state index contributed by atoms with van der Waals surface area (Å²) >= 11 is 0. The summed E-state index contributed by atoms with van der Waals surface area (Å²) in [6.45, 7) is 18.6. The van der Waals surface area contributed by atoms with Gasteiger partial charge >= 0.3 is 0 Å². The Hall–Kier alpha value is 1.16. The van der Waals surface area contributed by atoms with E-state index in [1.807, 2.05) is 7.56 Å². The Bertz CT molecular complexity index is 307. The van der Waals surface area contributed by atoms with Gasteiger partial charge in [-0.2, -0.15) is 0 Å². The largest absolute Gasteiger partial charge is 0.0821 e. The Labute approximate surface area is 118 Å². The third-order valence-electron chi connectivity index (χ3n) is 4.94. The minimum atomic E-state index is -0.742. The summed E-state index contributed by atoms with van der Waals surface area (Å²) in [6.07, 6.45) is 4.68. The smallest absolute Gasteiger partial charge is 0.0584 e. The van der Waals surface area contributed by atoms with Crippen LogP contribution in [0.25, 0.3) is 0 Å². The average Bonchev–Trinajstić information content (AvgIpc) is 2.27. The van der Waals surface area contributed by atoms with Gasteiger partial charge in [-0.1, -0.05) is 27.7 Å². The molecule has 0 saturated heterocycles. The summed E-state index contributed by atoms with van der Waals surface area (Å²) in [5, 5.41) is 0. The molecule has 0 aliphatic carbocycles. The molecule has 0 fully saturated rings. The lowest BCUT2D eigenvalue weighted by Crippen LogP contribution is -2.21. The van der Waals surface area contributed by atoms with Crippen molar-refractivity contribution in [1.29, 1.82) is 0 Å². The van der Waals surface area contributed by atoms with E-state index in [-0.39, 0.29) is 0 Å². The van der Waals surface area contributed by atoms with Gasteiger partial charge in [0.25, 0.3) is 0 Å². The van der Waals surface area contributed by atoms with Gasteiger partial charge in [-0.3, -0.25) is 0 Å². The summed E-state index contributed by atoms with van der Waals surface area (Å²) in [5.74, 6) is 0. The van der Waals surface area contributed by atoms with E-state index in [0.717, 1.165) is 22.6 Å². The Morgan fingerprint density at radius 2 is 1.28 bits per heavy atom. The van der Waals surface area contributed by atoms with Crippen LogP contribution in [0.5, 0.6) is 0 Å². The Morgan fingerprint density at radius 1 is 0.833 bits per heavy atom. The highest BCUT2D eigenvalue weighted by Gasteiger charge is 2.49. The zero-order valence-corrected chi connectivity index (χ0v) is 16.5. The van der Waals surface area contributed by atoms with Crippen LogP contribution in [0.2, 0.25) is 0 Å². The maximum Gasteiger partial charge on any atom is 0.0821 e. The van der Waals surface area contributed by atoms with Gasteiger partial charge in [0.05, 0.1) is 32.0 Å². The van der Waals surface area contributed by atoms with Gasteiger partial charge in [0.15, 0.2) is 0 Å². The zero-order chi connectivity index (χ0) is 14.1. The lowest BCUT2D eigenvalue weighted by molar-refractivity contribution is 0.939. The number of rotatable bonds is 4. The fraction of sp³-hybridized carbons (Fsp3) is 1.00. The molecule has 1 rings (SSSR count). The molecule has 0 bridgehead atoms. The fourth-order valence-corrected chi connectivity index (χ4v) is 31.6. The molecule has 0 aromatic rings. The Balaban J connectivity index is 3.40. The van der Waals surface area contributed by atoms with Crippen molar-refractivity contribution < 1.29 is 0 Å². The van der Waals surface area contributed by atoms with Gasteiger partial charge in [0.2, 0.25) is 0 Å². The first-order valence-electron chi connectivity index (χ1n) is 7.68. The van der Waals surface area contributed by atoms with Crippen molar-refractivity contribution in [3.63, 3.8) is 0 Å². The third kappa shape index (κ3) is 2.92. The second kappa shape index (κ2) is 6.29. The summed E-state index contributed by atoms with van der Waals surface area (Å²) in [4.78, 5) is 0. The van der Waals surface area contributed by atoms with Crippen LogP contribution in [-0.2, 0) is 0 Å². The molecule has 0 saturated carbocycles. The van der Waals surface area contributed by atoms with Crippen molar-refractivity contribution in [1.82, 2.24) is 0 Å². The molecule has 0 aromatic heterocycles. The molecule has 0 aromatic carbocycles. The minimum Gasteiger partial charge on any atom is -0.0584 e. The summed E-state index contributed by atoms with van der Waals surface area (Å²) < 4.78 is 0. The van der Waals surface area contributed by atoms with E-state index in [4.69, 9.17) is 0 Å². The van der Waals surface area contributed by atoms with Gasteiger partial charge in [0.1, 0.15) is 0 Å². The van der Waals surface area contributed by atoms with E-state index in [1.165, 1.54) is 6.42 Å². The van der Waals surface area contributed by atoms with Crippen LogP contribution >= 0.6 is 21.1 Å². The minimum absolute atomic E-state index is 0.742. The van der Waals surface area contributed by atoms with Crippen LogP contribution in [-0.4, -0.2) is 35.0 Å². The summed E-state index contributed by atoms with van der Waals surface area (Å²) in [7, 11) is 1.97. The summed E-state index contributed by atoms with van der Waals surface area (Å²) in [6, 6.07) is 0. The summed E-state index contributed by atoms with van der Waals surface area (Å²) in [5.41, 5.74) is 3.76. The van der Waals surface area contributed by atoms with E-state index in [2.05, 4.69) is 55.4 Å². The van der Waals surface area contributed by atoms with Crippen LogP contribution in [0.3, 0.4) is 0 Å². The van der Waals surface area contributed by atoms with Gasteiger partial charge in [-0.05, 0) is 58.1 Å². The number of hydrogen-bond donors (Lipinski definition) is 0. The monoisotopic (exact) mass is 307 g/mol. The molecule has 108 valence electrons. The first kappa shape index (κ1) is 17.2. The van der Waals surface area contributed by atoms with E-state index in [1.54, 1.807) is 12.3 Å². The topological polar surface area (TPSA) is 0 Å². The fourth-order valence-electron chi connectivity index (χ4n) is 3.62. The maximum atomic E-state index is 2.52. The van der Waals surface area contributed by atoms with Crippen LogP contribution in [0.1, 0.15) is 61.8 Å². The van der Waals surface area contributed by atoms with Crippen molar-refractivity contribution in [2.75, 3.05) is 12.3 Å². The standard InChI is InChI=1S/C15H34P3/c1-12(2)17(13(3)4)10-9-11-18(16-17,14(5)6)15(7)8/h12-15H,9-11H2,1-8H3/q+1. The SMILES string of the molecule is CC(C)P1(C(C)C)=P[P+](C(C)C)(C(C)C)CCC1. The van der Waals surface area contributed by atoms with Gasteiger partial charge < -0.3 is 0 Å². The second-order valence-corrected chi connectivity index (χ2v) is 22.4. The molecule has 1 aliphatic rings. The van der Waals surface area contributed by atoms with Crippen molar-refractivity contribution in [3.8, 4) is 0 Å². The maximum absolute atomic E-state index is 2.52. The molecule has 0 spiro atoms. The predicted molar refractivity (Wildman–Crippen MR) is 95.7 cm³/mol. The lowest BCUT2D eigenvalue weighted by atomic mass is 10.5. The van der Waals surface area contributed by atoms with Crippen molar-refractivity contribution in [2.24, 2.45) is 0 Å². The molecule has 1 aliphatic heterocycles. The van der Waals surface area contributed by atoms with E-state index in [0.29, 0.717) is 0 Å². The highest BCUT2D eigenvalue weighted by atomic mass is 32.3. The lowest BCUT2D eigenvalue weighted by Gasteiger charge is -2.42. The molecular formula is C15H34P3+. The normalized spacial score (nSPS) is 23.8. The molecule has 1 heterocycles. The highest BCUT2D eigenvalue weighted by molar-refractivity contribution is 8.46. The van der Waals surface area contributed by atoms with E-state index >= 15 is 0 Å². The first-order chi connectivity index (χ1) is 8.19. The number of hydrogen-bond acceptors (Lipinski definition) is 0. The molecule has 0 nitrogen and oxygen atoms in total. The average molecular weight is 307 g/mol. The molecule has 0 amide bonds. The van der Waals surface area contributed by atoms with Gasteiger partial charge in [-0.25, -0.2) is 0 Å². The van der Waals surface area contributed by atoms with Gasteiger partial charge in [-0.15, -0.1) is 0 Å². The van der Waals surface area contributed by atoms with Crippen molar-refractivity contribution >= 4 is 21.1 Å². The molecule has 3 heteroatoms. The Kier molecular flexibility index (Phi) is 6.01. The highest BCUT2D eigenvalue weighted by Crippen LogP contribution is 2.89. The molecule has 0 atom stereocenters. The first-order valence-corrected chi connectivity index (χ1v) is 14.2. The molecule has 0 N–H and O–H groups in total. The Morgan fingerprint density at radius 3 is 1.61 bits per heavy atom. The van der Waals surface area contributed by atoms with E-state index < -0.39 is 13.5 Å². The van der Waals surface area contributed by atoms with Crippen LogP contribution < -0.4 is 0 Å². The third-order valence-corrected chi connectivity index (χ3v) is 29.6. The molecule has 0 unspecified atom stereocenters.